The van der Waals surface area contributed by atoms with E-state index in [1.807, 2.05) is 13.8 Å². The highest BCUT2D eigenvalue weighted by molar-refractivity contribution is 5.84. The van der Waals surface area contributed by atoms with Crippen molar-refractivity contribution in [3.8, 4) is 0 Å². The number of amides is 1. The van der Waals surface area contributed by atoms with Crippen molar-refractivity contribution in [2.45, 2.75) is 57.5 Å². The number of carbonyl (C=O) groups is 1. The average Bonchev–Trinajstić information content (AvgIpc) is 2.81. The molecule has 5 nitrogen and oxygen atoms in total. The molecule has 0 bridgehead atoms. The van der Waals surface area contributed by atoms with E-state index in [-0.39, 0.29) is 5.91 Å². The summed E-state index contributed by atoms with van der Waals surface area (Å²) in [4.78, 5) is 16.5. The number of unbranched alkanes of at least 4 members (excludes halogenated alkanes) is 1. The van der Waals surface area contributed by atoms with Crippen LogP contribution in [0.15, 0.2) is 0 Å². The third-order valence-corrected chi connectivity index (χ3v) is 4.56. The largest absolute Gasteiger partial charge is 0.368 e. The van der Waals surface area contributed by atoms with Gasteiger partial charge in [-0.05, 0) is 72.8 Å². The lowest BCUT2D eigenvalue weighted by molar-refractivity contribution is -0.124. The van der Waals surface area contributed by atoms with Crippen molar-refractivity contribution in [3.05, 3.63) is 0 Å². The van der Waals surface area contributed by atoms with Crippen molar-refractivity contribution < 1.29 is 4.79 Å². The number of nitrogens with zero attached hydrogens (tertiary/aromatic N) is 2. The summed E-state index contributed by atoms with van der Waals surface area (Å²) in [5, 5.41) is 3.23. The minimum Gasteiger partial charge on any atom is -0.368 e. The van der Waals surface area contributed by atoms with Crippen molar-refractivity contribution in [2.75, 3.05) is 40.3 Å². The van der Waals surface area contributed by atoms with Crippen LogP contribution in [0.3, 0.4) is 0 Å². The zero-order valence-corrected chi connectivity index (χ0v) is 14.3. The first kappa shape index (κ1) is 18.4. The fourth-order valence-electron chi connectivity index (χ4n) is 3.30. The van der Waals surface area contributed by atoms with E-state index in [0.29, 0.717) is 6.04 Å². The van der Waals surface area contributed by atoms with Gasteiger partial charge < -0.3 is 16.0 Å². The van der Waals surface area contributed by atoms with Gasteiger partial charge in [-0.25, -0.2) is 0 Å². The number of nitrogens with two attached hydrogens (primary N) is 1. The molecule has 0 saturated carbocycles. The normalized spacial score (nSPS) is 22.6. The molecule has 1 fully saturated rings. The number of likely N-dealkylation sites (N-methyl/N-ethyl adjacent to an activating group) is 2. The Hall–Kier alpha value is -0.650. The molecule has 0 spiro atoms. The molecule has 1 amide bonds. The Morgan fingerprint density at radius 2 is 2.14 bits per heavy atom. The van der Waals surface area contributed by atoms with E-state index in [1.54, 1.807) is 0 Å². The standard InChI is InChI=1S/C16H34N4O/c1-5-18-16(2,15(17)21)10-6-7-11-20-12-8-9-14(20)13-19(3)4/h14,18H,5-13H2,1-4H3,(H2,17,21). The fraction of sp³-hybridized carbons (Fsp3) is 0.938. The smallest absolute Gasteiger partial charge is 0.237 e. The number of nitrogens with one attached hydrogen (secondary N) is 1. The first-order chi connectivity index (χ1) is 9.89. The zero-order valence-electron chi connectivity index (χ0n) is 14.3. The number of likely N-dealkylation sites (tertiary alicyclic amines) is 1. The van der Waals surface area contributed by atoms with Gasteiger partial charge in [0.05, 0.1) is 5.54 Å². The van der Waals surface area contributed by atoms with Crippen molar-refractivity contribution in [1.82, 2.24) is 15.1 Å². The molecule has 1 rings (SSSR count). The monoisotopic (exact) mass is 298 g/mol. The molecule has 21 heavy (non-hydrogen) atoms. The number of rotatable bonds is 10. The number of hydrogen-bond acceptors (Lipinski definition) is 4. The van der Waals surface area contributed by atoms with E-state index >= 15 is 0 Å². The van der Waals surface area contributed by atoms with Gasteiger partial charge in [-0.1, -0.05) is 6.92 Å². The van der Waals surface area contributed by atoms with Gasteiger partial charge in [-0.15, -0.1) is 0 Å². The van der Waals surface area contributed by atoms with Crippen molar-refractivity contribution in [2.24, 2.45) is 5.73 Å². The van der Waals surface area contributed by atoms with E-state index < -0.39 is 5.54 Å². The molecule has 0 radical (unpaired) electrons. The van der Waals surface area contributed by atoms with Crippen LogP contribution in [0.4, 0.5) is 0 Å². The summed E-state index contributed by atoms with van der Waals surface area (Å²) in [7, 11) is 4.29. The Bertz CT molecular complexity index is 321. The second-order valence-electron chi connectivity index (χ2n) is 6.78. The zero-order chi connectivity index (χ0) is 15.9. The summed E-state index contributed by atoms with van der Waals surface area (Å²) in [6.07, 6.45) is 5.63. The summed E-state index contributed by atoms with van der Waals surface area (Å²) < 4.78 is 0. The molecular weight excluding hydrogens is 264 g/mol. The quantitative estimate of drug-likeness (QED) is 0.592. The predicted octanol–water partition coefficient (Wildman–Crippen LogP) is 1.04. The summed E-state index contributed by atoms with van der Waals surface area (Å²) in [6, 6.07) is 0.705. The van der Waals surface area contributed by atoms with E-state index in [1.165, 1.54) is 19.4 Å². The van der Waals surface area contributed by atoms with Crippen LogP contribution < -0.4 is 11.1 Å². The summed E-state index contributed by atoms with van der Waals surface area (Å²) in [5.74, 6) is -0.240. The lowest BCUT2D eigenvalue weighted by Gasteiger charge is -2.29. The average molecular weight is 298 g/mol. The Labute approximate surface area is 130 Å². The molecule has 1 heterocycles. The molecular formula is C16H34N4O. The first-order valence-corrected chi connectivity index (χ1v) is 8.32. The van der Waals surface area contributed by atoms with E-state index in [2.05, 4.69) is 29.2 Å². The molecule has 0 aromatic rings. The number of carbonyl (C=O) groups excluding carboxylic acids is 1. The molecule has 1 aliphatic heterocycles. The van der Waals surface area contributed by atoms with Crippen LogP contribution in [0.5, 0.6) is 0 Å². The third kappa shape index (κ3) is 5.93. The molecule has 0 aromatic heterocycles. The Kier molecular flexibility index (Phi) is 7.63. The molecule has 0 aromatic carbocycles. The molecule has 2 atom stereocenters. The maximum atomic E-state index is 11.6. The maximum Gasteiger partial charge on any atom is 0.237 e. The van der Waals surface area contributed by atoms with Crippen LogP contribution in [0.2, 0.25) is 0 Å². The van der Waals surface area contributed by atoms with Crippen molar-refractivity contribution in [3.63, 3.8) is 0 Å². The van der Waals surface area contributed by atoms with Crippen LogP contribution in [-0.4, -0.2) is 67.6 Å². The topological polar surface area (TPSA) is 61.6 Å². The SMILES string of the molecule is CCNC(C)(CCCCN1CCCC1CN(C)C)C(N)=O. The van der Waals surface area contributed by atoms with Crippen LogP contribution in [-0.2, 0) is 4.79 Å². The van der Waals surface area contributed by atoms with Crippen LogP contribution in [0, 0.1) is 0 Å². The highest BCUT2D eigenvalue weighted by Crippen LogP contribution is 2.20. The second-order valence-corrected chi connectivity index (χ2v) is 6.78. The maximum absolute atomic E-state index is 11.6. The minimum atomic E-state index is -0.553. The van der Waals surface area contributed by atoms with Crippen LogP contribution >= 0.6 is 0 Å². The van der Waals surface area contributed by atoms with Gasteiger partial charge in [0.15, 0.2) is 0 Å². The second kappa shape index (κ2) is 8.71. The number of hydrogen-bond donors (Lipinski definition) is 2. The fourth-order valence-corrected chi connectivity index (χ4v) is 3.30. The molecule has 124 valence electrons. The van der Waals surface area contributed by atoms with Gasteiger partial charge in [0, 0.05) is 12.6 Å². The van der Waals surface area contributed by atoms with Crippen LogP contribution in [0.25, 0.3) is 0 Å². The first-order valence-electron chi connectivity index (χ1n) is 8.32. The summed E-state index contributed by atoms with van der Waals surface area (Å²) in [6.45, 7) is 8.21. The van der Waals surface area contributed by atoms with Gasteiger partial charge >= 0.3 is 0 Å². The van der Waals surface area contributed by atoms with Gasteiger partial charge in [0.25, 0.3) is 0 Å². The van der Waals surface area contributed by atoms with Crippen LogP contribution in [0.1, 0.15) is 46.0 Å². The Balaban J connectivity index is 2.31. The van der Waals surface area contributed by atoms with E-state index in [9.17, 15) is 4.79 Å². The van der Waals surface area contributed by atoms with Gasteiger partial charge in [0.2, 0.25) is 5.91 Å². The Morgan fingerprint density at radius 1 is 1.43 bits per heavy atom. The highest BCUT2D eigenvalue weighted by Gasteiger charge is 2.29. The third-order valence-electron chi connectivity index (χ3n) is 4.56. The van der Waals surface area contributed by atoms with Crippen molar-refractivity contribution >= 4 is 5.91 Å². The van der Waals surface area contributed by atoms with E-state index in [4.69, 9.17) is 5.73 Å². The summed E-state index contributed by atoms with van der Waals surface area (Å²) in [5.41, 5.74) is 4.97. The molecule has 1 saturated heterocycles. The van der Waals surface area contributed by atoms with Gasteiger partial charge in [0.1, 0.15) is 0 Å². The highest BCUT2D eigenvalue weighted by atomic mass is 16.1. The van der Waals surface area contributed by atoms with Gasteiger partial charge in [-0.2, -0.15) is 0 Å². The molecule has 3 N–H and O–H groups in total. The molecule has 0 aliphatic carbocycles. The summed E-state index contributed by atoms with van der Waals surface area (Å²) >= 11 is 0. The molecule has 2 unspecified atom stereocenters. The van der Waals surface area contributed by atoms with E-state index in [0.717, 1.165) is 38.9 Å². The molecule has 1 aliphatic rings. The van der Waals surface area contributed by atoms with Crippen molar-refractivity contribution in [1.29, 1.82) is 0 Å². The minimum absolute atomic E-state index is 0.240. The molecule has 5 heteroatoms. The predicted molar refractivity (Wildman–Crippen MR) is 88.3 cm³/mol. The lowest BCUT2D eigenvalue weighted by Crippen LogP contribution is -2.53. The number of primary amides is 1. The Morgan fingerprint density at radius 3 is 2.71 bits per heavy atom. The lowest BCUT2D eigenvalue weighted by atomic mass is 9.94. The van der Waals surface area contributed by atoms with Gasteiger partial charge in [-0.3, -0.25) is 9.69 Å².